The molecule has 0 spiro atoms. The average molecular weight is 458 g/mol. The SMILES string of the molecule is CN(C)S(=O)(=O)c1cccc(CSc2ncc(-c3ccccc3)n2CC2CCCO2)c1. The molecule has 0 radical (unpaired) electrons. The molecule has 1 aromatic heterocycles. The zero-order chi connectivity index (χ0) is 21.8. The molecule has 0 amide bonds. The van der Waals surface area contributed by atoms with Gasteiger partial charge in [-0.2, -0.15) is 0 Å². The Morgan fingerprint density at radius 3 is 2.68 bits per heavy atom. The zero-order valence-corrected chi connectivity index (χ0v) is 19.4. The third-order valence-corrected chi connectivity index (χ3v) is 8.22. The molecule has 1 aliphatic heterocycles. The van der Waals surface area contributed by atoms with Gasteiger partial charge in [0.2, 0.25) is 10.0 Å². The molecule has 0 aliphatic carbocycles. The number of imidazole rings is 1. The number of rotatable bonds is 8. The van der Waals surface area contributed by atoms with E-state index in [0.29, 0.717) is 10.6 Å². The van der Waals surface area contributed by atoms with E-state index in [-0.39, 0.29) is 6.10 Å². The quantitative estimate of drug-likeness (QED) is 0.473. The zero-order valence-electron chi connectivity index (χ0n) is 17.8. The van der Waals surface area contributed by atoms with Crippen molar-refractivity contribution in [3.63, 3.8) is 0 Å². The summed E-state index contributed by atoms with van der Waals surface area (Å²) in [7, 11) is -0.361. The molecule has 3 aromatic rings. The summed E-state index contributed by atoms with van der Waals surface area (Å²) in [6, 6.07) is 17.4. The molecular weight excluding hydrogens is 430 g/mol. The van der Waals surface area contributed by atoms with Crippen molar-refractivity contribution in [2.24, 2.45) is 0 Å². The van der Waals surface area contributed by atoms with Crippen LogP contribution < -0.4 is 0 Å². The highest BCUT2D eigenvalue weighted by molar-refractivity contribution is 7.98. The van der Waals surface area contributed by atoms with Gasteiger partial charge in [0.1, 0.15) is 0 Å². The van der Waals surface area contributed by atoms with E-state index in [4.69, 9.17) is 9.72 Å². The van der Waals surface area contributed by atoms with Crippen LogP contribution in [0.2, 0.25) is 0 Å². The van der Waals surface area contributed by atoms with Crippen molar-refractivity contribution in [2.75, 3.05) is 20.7 Å². The van der Waals surface area contributed by atoms with Gasteiger partial charge in [-0.15, -0.1) is 0 Å². The summed E-state index contributed by atoms with van der Waals surface area (Å²) in [6.45, 7) is 1.58. The van der Waals surface area contributed by atoms with Gasteiger partial charge in [0.15, 0.2) is 5.16 Å². The Kier molecular flexibility index (Phi) is 6.81. The predicted octanol–water partition coefficient (Wildman–Crippen LogP) is 4.27. The molecule has 31 heavy (non-hydrogen) atoms. The van der Waals surface area contributed by atoms with Gasteiger partial charge in [0.05, 0.1) is 29.4 Å². The first-order valence-corrected chi connectivity index (χ1v) is 12.7. The molecule has 1 unspecified atom stereocenters. The van der Waals surface area contributed by atoms with Crippen molar-refractivity contribution in [1.29, 1.82) is 0 Å². The Labute approximate surface area is 188 Å². The minimum atomic E-state index is -3.45. The number of sulfonamides is 1. The second kappa shape index (κ2) is 9.56. The van der Waals surface area contributed by atoms with Gasteiger partial charge in [0.25, 0.3) is 0 Å². The van der Waals surface area contributed by atoms with Crippen molar-refractivity contribution in [3.05, 3.63) is 66.4 Å². The summed E-state index contributed by atoms with van der Waals surface area (Å²) < 4.78 is 34.3. The number of thioether (sulfide) groups is 1. The topological polar surface area (TPSA) is 64.4 Å². The maximum absolute atomic E-state index is 12.5. The molecule has 8 heteroatoms. The third kappa shape index (κ3) is 5.03. The second-order valence-corrected chi connectivity index (χ2v) is 10.9. The van der Waals surface area contributed by atoms with Gasteiger partial charge >= 0.3 is 0 Å². The number of hydrogen-bond acceptors (Lipinski definition) is 5. The highest BCUT2D eigenvalue weighted by Gasteiger charge is 2.21. The number of aromatic nitrogens is 2. The summed E-state index contributed by atoms with van der Waals surface area (Å²) >= 11 is 1.61. The molecular formula is C23H27N3O3S2. The lowest BCUT2D eigenvalue weighted by molar-refractivity contribution is 0.0954. The third-order valence-electron chi connectivity index (χ3n) is 5.34. The summed E-state index contributed by atoms with van der Waals surface area (Å²) in [5.41, 5.74) is 3.14. The van der Waals surface area contributed by atoms with Crippen LogP contribution >= 0.6 is 11.8 Å². The van der Waals surface area contributed by atoms with Gasteiger partial charge in [-0.1, -0.05) is 54.2 Å². The maximum Gasteiger partial charge on any atom is 0.242 e. The Morgan fingerprint density at radius 2 is 1.97 bits per heavy atom. The van der Waals surface area contributed by atoms with Gasteiger partial charge in [-0.25, -0.2) is 17.7 Å². The largest absolute Gasteiger partial charge is 0.376 e. The van der Waals surface area contributed by atoms with E-state index in [2.05, 4.69) is 16.7 Å². The average Bonchev–Trinajstić information content (AvgIpc) is 3.43. The summed E-state index contributed by atoms with van der Waals surface area (Å²) in [6.07, 6.45) is 4.26. The smallest absolute Gasteiger partial charge is 0.242 e. The first-order chi connectivity index (χ1) is 14.9. The van der Waals surface area contributed by atoms with E-state index in [0.717, 1.165) is 48.0 Å². The van der Waals surface area contributed by atoms with E-state index in [9.17, 15) is 8.42 Å². The van der Waals surface area contributed by atoms with Crippen LogP contribution in [-0.2, 0) is 27.1 Å². The van der Waals surface area contributed by atoms with Crippen molar-refractivity contribution in [3.8, 4) is 11.3 Å². The van der Waals surface area contributed by atoms with E-state index in [1.165, 1.54) is 4.31 Å². The minimum Gasteiger partial charge on any atom is -0.376 e. The first kappa shape index (κ1) is 22.1. The fourth-order valence-corrected chi connectivity index (χ4v) is 5.54. The molecule has 1 saturated heterocycles. The van der Waals surface area contributed by atoms with Crippen molar-refractivity contribution >= 4 is 21.8 Å². The Morgan fingerprint density at radius 1 is 1.16 bits per heavy atom. The van der Waals surface area contributed by atoms with Crippen LogP contribution in [0, 0.1) is 0 Å². The monoisotopic (exact) mass is 457 g/mol. The molecule has 6 nitrogen and oxygen atoms in total. The Hall–Kier alpha value is -2.13. The molecule has 164 valence electrons. The number of ether oxygens (including phenoxy) is 1. The Balaban J connectivity index is 1.58. The van der Waals surface area contributed by atoms with Gasteiger partial charge in [0, 0.05) is 26.5 Å². The molecule has 0 bridgehead atoms. The summed E-state index contributed by atoms with van der Waals surface area (Å²) in [4.78, 5) is 5.00. The number of nitrogens with zero attached hydrogens (tertiary/aromatic N) is 3. The molecule has 0 N–H and O–H groups in total. The fourth-order valence-electron chi connectivity index (χ4n) is 3.64. The fraction of sp³-hybridized carbons (Fsp3) is 0.348. The van der Waals surface area contributed by atoms with Crippen molar-refractivity contribution in [1.82, 2.24) is 13.9 Å². The molecule has 2 heterocycles. The normalized spacial score (nSPS) is 16.8. The van der Waals surface area contributed by atoms with Crippen molar-refractivity contribution in [2.45, 2.75) is 41.3 Å². The standard InChI is InChI=1S/C23H27N3O3S2/c1-25(2)31(27,28)21-12-6-8-18(14-21)17-30-23-24-15-22(19-9-4-3-5-10-19)26(23)16-20-11-7-13-29-20/h3-6,8-10,12,14-15,20H,7,11,13,16-17H2,1-2H3. The lowest BCUT2D eigenvalue weighted by atomic mass is 10.1. The highest BCUT2D eigenvalue weighted by atomic mass is 32.2. The van der Waals surface area contributed by atoms with E-state index in [1.54, 1.807) is 44.1 Å². The summed E-state index contributed by atoms with van der Waals surface area (Å²) in [5.74, 6) is 0.632. The van der Waals surface area contributed by atoms with Crippen molar-refractivity contribution < 1.29 is 13.2 Å². The maximum atomic E-state index is 12.5. The molecule has 0 saturated carbocycles. The molecule has 1 aliphatic rings. The van der Waals surface area contributed by atoms with Gasteiger partial charge in [-0.05, 0) is 36.1 Å². The van der Waals surface area contributed by atoms with E-state index in [1.807, 2.05) is 30.5 Å². The number of benzene rings is 2. The summed E-state index contributed by atoms with van der Waals surface area (Å²) in [5, 5.41) is 0.912. The predicted molar refractivity (Wildman–Crippen MR) is 124 cm³/mol. The second-order valence-electron chi connectivity index (χ2n) is 7.76. The van der Waals surface area contributed by atoms with E-state index >= 15 is 0 Å². The van der Waals surface area contributed by atoms with Crippen LogP contribution in [-0.4, -0.2) is 49.1 Å². The lowest BCUT2D eigenvalue weighted by Gasteiger charge is -2.16. The van der Waals surface area contributed by atoms with E-state index < -0.39 is 10.0 Å². The lowest BCUT2D eigenvalue weighted by Crippen LogP contribution is -2.22. The highest BCUT2D eigenvalue weighted by Crippen LogP contribution is 2.30. The number of hydrogen-bond donors (Lipinski definition) is 0. The first-order valence-electron chi connectivity index (χ1n) is 10.3. The van der Waals surface area contributed by atoms with Crippen LogP contribution in [0.1, 0.15) is 18.4 Å². The Bertz CT molecular complexity index is 1120. The van der Waals surface area contributed by atoms with Crippen LogP contribution in [0.5, 0.6) is 0 Å². The van der Waals surface area contributed by atoms with Crippen LogP contribution in [0.3, 0.4) is 0 Å². The van der Waals surface area contributed by atoms with Crippen LogP contribution in [0.15, 0.2) is 70.8 Å². The molecule has 1 atom stereocenters. The van der Waals surface area contributed by atoms with Crippen LogP contribution in [0.4, 0.5) is 0 Å². The minimum absolute atomic E-state index is 0.199. The molecule has 1 fully saturated rings. The van der Waals surface area contributed by atoms with Gasteiger partial charge < -0.3 is 9.30 Å². The molecule has 2 aromatic carbocycles. The molecule has 4 rings (SSSR count). The van der Waals surface area contributed by atoms with Gasteiger partial charge in [-0.3, -0.25) is 0 Å². The van der Waals surface area contributed by atoms with Crippen LogP contribution in [0.25, 0.3) is 11.3 Å².